The van der Waals surface area contributed by atoms with Crippen LogP contribution in [-0.4, -0.2) is 51.9 Å². The van der Waals surface area contributed by atoms with E-state index in [9.17, 15) is 9.59 Å². The fourth-order valence-corrected chi connectivity index (χ4v) is 3.84. The van der Waals surface area contributed by atoms with Crippen molar-refractivity contribution in [2.75, 3.05) is 18.9 Å². The summed E-state index contributed by atoms with van der Waals surface area (Å²) in [6, 6.07) is 5.68. The number of amides is 1. The number of hydrogen-bond donors (Lipinski definition) is 3. The number of rotatable bonds is 11. The fraction of sp³-hybridized carbons (Fsp3) is 0.533. The van der Waals surface area contributed by atoms with Gasteiger partial charge in [-0.25, -0.2) is 4.98 Å². The van der Waals surface area contributed by atoms with E-state index >= 15 is 0 Å². The van der Waals surface area contributed by atoms with Crippen LogP contribution in [0.15, 0.2) is 29.4 Å². The summed E-state index contributed by atoms with van der Waals surface area (Å²) >= 11 is 0. The van der Waals surface area contributed by atoms with Crippen molar-refractivity contribution < 1.29 is 19.8 Å². The second kappa shape index (κ2) is 11.4. The number of carbonyl (C=O) groups excluding carboxylic acids is 2. The molecule has 0 aliphatic carbocycles. The number of nitrogens with zero attached hydrogens (tertiary/aromatic N) is 1. The minimum atomic E-state index is -0.964. The highest BCUT2D eigenvalue weighted by Crippen LogP contribution is 2.30. The average Bonchev–Trinajstić information content (AvgIpc) is 2.58. The molecule has 3 N–H and O–H groups in total. The van der Waals surface area contributed by atoms with Gasteiger partial charge in [0.05, 0.1) is 12.7 Å². The van der Waals surface area contributed by atoms with Crippen LogP contribution in [0.25, 0.3) is 0 Å². The monoisotopic (exact) mass is 358 g/mol. The van der Waals surface area contributed by atoms with Crippen LogP contribution in [0.1, 0.15) is 19.8 Å². The van der Waals surface area contributed by atoms with Crippen LogP contribution >= 0.6 is 21.6 Å². The minimum absolute atomic E-state index is 0.00432. The second-order valence-corrected chi connectivity index (χ2v) is 7.40. The molecule has 1 amide bonds. The first-order valence-corrected chi connectivity index (χ1v) is 9.63. The third-order valence-corrected chi connectivity index (χ3v) is 5.43. The fourth-order valence-electron chi connectivity index (χ4n) is 1.55. The van der Waals surface area contributed by atoms with Crippen molar-refractivity contribution in [2.24, 2.45) is 5.92 Å². The SMILES string of the molecule is CC(CSSc1ccccn1)C(=O)CCC(=O)NCC(O)CO. The number of hydrogen-bond acceptors (Lipinski definition) is 7. The van der Waals surface area contributed by atoms with E-state index in [0.717, 1.165) is 5.03 Å². The normalized spacial score (nSPS) is 13.3. The molecule has 0 bridgehead atoms. The first kappa shape index (κ1) is 20.0. The van der Waals surface area contributed by atoms with Crippen LogP contribution < -0.4 is 5.32 Å². The number of carbonyl (C=O) groups is 2. The first-order valence-electron chi connectivity index (χ1n) is 7.31. The summed E-state index contributed by atoms with van der Waals surface area (Å²) in [6.07, 6.45) is 1.04. The Labute approximate surface area is 143 Å². The Morgan fingerprint density at radius 1 is 1.35 bits per heavy atom. The number of nitrogens with one attached hydrogen (secondary N) is 1. The summed E-state index contributed by atoms with van der Waals surface area (Å²) in [5.74, 6) is 0.267. The molecule has 0 aliphatic rings. The minimum Gasteiger partial charge on any atom is -0.394 e. The lowest BCUT2D eigenvalue weighted by molar-refractivity contribution is -0.127. The zero-order valence-electron chi connectivity index (χ0n) is 13.0. The molecule has 8 heteroatoms. The molecule has 1 heterocycles. The highest BCUT2D eigenvalue weighted by molar-refractivity contribution is 8.76. The number of aliphatic hydroxyl groups excluding tert-OH is 2. The smallest absolute Gasteiger partial charge is 0.220 e. The first-order chi connectivity index (χ1) is 11.0. The van der Waals surface area contributed by atoms with Gasteiger partial charge in [0.1, 0.15) is 10.8 Å². The van der Waals surface area contributed by atoms with Crippen molar-refractivity contribution in [2.45, 2.75) is 30.9 Å². The van der Waals surface area contributed by atoms with Crippen molar-refractivity contribution >= 4 is 33.3 Å². The maximum atomic E-state index is 12.0. The third kappa shape index (κ3) is 8.95. The molecule has 2 atom stereocenters. The van der Waals surface area contributed by atoms with Gasteiger partial charge in [0.15, 0.2) is 0 Å². The quantitative estimate of drug-likeness (QED) is 0.512. The summed E-state index contributed by atoms with van der Waals surface area (Å²) in [5, 5.41) is 21.1. The molecule has 6 nitrogen and oxygen atoms in total. The van der Waals surface area contributed by atoms with Crippen molar-refractivity contribution in [1.82, 2.24) is 10.3 Å². The van der Waals surface area contributed by atoms with Crippen LogP contribution in [0.5, 0.6) is 0 Å². The molecule has 0 fully saturated rings. The van der Waals surface area contributed by atoms with Crippen LogP contribution in [0.4, 0.5) is 0 Å². The molecule has 0 saturated carbocycles. The van der Waals surface area contributed by atoms with Gasteiger partial charge in [0, 0.05) is 37.3 Å². The second-order valence-electron chi connectivity index (χ2n) is 5.04. The van der Waals surface area contributed by atoms with E-state index in [-0.39, 0.29) is 37.0 Å². The molecular formula is C15H22N2O4S2. The lowest BCUT2D eigenvalue weighted by atomic mass is 10.0. The Bertz CT molecular complexity index is 488. The van der Waals surface area contributed by atoms with Crippen LogP contribution in [0.3, 0.4) is 0 Å². The predicted octanol–water partition coefficient (Wildman–Crippen LogP) is 1.28. The van der Waals surface area contributed by atoms with E-state index in [0.29, 0.717) is 5.75 Å². The number of aliphatic hydroxyl groups is 2. The van der Waals surface area contributed by atoms with Gasteiger partial charge in [-0.05, 0) is 22.9 Å². The zero-order chi connectivity index (χ0) is 17.1. The molecular weight excluding hydrogens is 336 g/mol. The highest BCUT2D eigenvalue weighted by Gasteiger charge is 2.15. The van der Waals surface area contributed by atoms with Gasteiger partial charge >= 0.3 is 0 Å². The Morgan fingerprint density at radius 2 is 2.13 bits per heavy atom. The zero-order valence-corrected chi connectivity index (χ0v) is 14.6. The van der Waals surface area contributed by atoms with Gasteiger partial charge in [-0.2, -0.15) is 0 Å². The van der Waals surface area contributed by atoms with E-state index < -0.39 is 12.7 Å². The van der Waals surface area contributed by atoms with E-state index in [4.69, 9.17) is 10.2 Å². The largest absolute Gasteiger partial charge is 0.394 e. The van der Waals surface area contributed by atoms with Crippen LogP contribution in [-0.2, 0) is 9.59 Å². The van der Waals surface area contributed by atoms with Gasteiger partial charge in [-0.3, -0.25) is 9.59 Å². The number of pyridine rings is 1. The number of ketones is 1. The molecule has 2 unspecified atom stereocenters. The third-order valence-electron chi connectivity index (χ3n) is 2.99. The maximum Gasteiger partial charge on any atom is 0.220 e. The van der Waals surface area contributed by atoms with Gasteiger partial charge in [-0.15, -0.1) is 0 Å². The lowest BCUT2D eigenvalue weighted by Gasteiger charge is -2.11. The number of Topliss-reactive ketones (excluding diaryl/α,β-unsaturated/α-hetero) is 1. The Morgan fingerprint density at radius 3 is 2.78 bits per heavy atom. The molecule has 23 heavy (non-hydrogen) atoms. The van der Waals surface area contributed by atoms with Crippen LogP contribution in [0.2, 0.25) is 0 Å². The van der Waals surface area contributed by atoms with Gasteiger partial charge in [0.25, 0.3) is 0 Å². The molecule has 0 radical (unpaired) electrons. The Balaban J connectivity index is 2.17. The topological polar surface area (TPSA) is 99.5 Å². The van der Waals surface area contributed by atoms with E-state index in [1.807, 2.05) is 25.1 Å². The standard InChI is InChI=1S/C15H22N2O4S2/c1-11(10-22-23-15-4-2-3-7-16-15)13(20)5-6-14(21)17-8-12(19)9-18/h2-4,7,11-12,18-19H,5-6,8-10H2,1H3,(H,17,21). The van der Waals surface area contributed by atoms with Gasteiger partial charge in [0.2, 0.25) is 5.91 Å². The molecule has 1 aromatic heterocycles. The molecule has 0 aromatic carbocycles. The lowest BCUT2D eigenvalue weighted by Crippen LogP contribution is -2.34. The van der Waals surface area contributed by atoms with Crippen molar-refractivity contribution in [3.8, 4) is 0 Å². The summed E-state index contributed by atoms with van der Waals surface area (Å²) < 4.78 is 0. The molecule has 128 valence electrons. The number of aromatic nitrogens is 1. The molecule has 0 saturated heterocycles. The molecule has 1 aromatic rings. The average molecular weight is 358 g/mol. The molecule has 1 rings (SSSR count). The van der Waals surface area contributed by atoms with E-state index in [2.05, 4.69) is 10.3 Å². The molecule has 0 spiro atoms. The summed E-state index contributed by atoms with van der Waals surface area (Å²) in [4.78, 5) is 27.7. The molecule has 0 aliphatic heterocycles. The van der Waals surface area contributed by atoms with Crippen molar-refractivity contribution in [3.63, 3.8) is 0 Å². The van der Waals surface area contributed by atoms with Gasteiger partial charge < -0.3 is 15.5 Å². The summed E-state index contributed by atoms with van der Waals surface area (Å²) in [6.45, 7) is 1.44. The van der Waals surface area contributed by atoms with Crippen molar-refractivity contribution in [1.29, 1.82) is 0 Å². The van der Waals surface area contributed by atoms with Crippen LogP contribution in [0, 0.1) is 5.92 Å². The Kier molecular flexibility index (Phi) is 9.93. The predicted molar refractivity (Wildman–Crippen MR) is 92.1 cm³/mol. The highest BCUT2D eigenvalue weighted by atomic mass is 33.1. The van der Waals surface area contributed by atoms with E-state index in [1.54, 1.807) is 17.0 Å². The van der Waals surface area contributed by atoms with Gasteiger partial charge in [-0.1, -0.05) is 23.8 Å². The van der Waals surface area contributed by atoms with Crippen molar-refractivity contribution in [3.05, 3.63) is 24.4 Å². The summed E-state index contributed by atoms with van der Waals surface area (Å²) in [7, 11) is 3.09. The van der Waals surface area contributed by atoms with E-state index in [1.165, 1.54) is 10.8 Å². The Hall–Kier alpha value is -1.09. The maximum absolute atomic E-state index is 12.0. The summed E-state index contributed by atoms with van der Waals surface area (Å²) in [5.41, 5.74) is 0.